The summed E-state index contributed by atoms with van der Waals surface area (Å²) in [7, 11) is 3.25. The third kappa shape index (κ3) is 4.52. The molecule has 0 fully saturated rings. The molecule has 2 heterocycles. The zero-order chi connectivity index (χ0) is 26.8. The van der Waals surface area contributed by atoms with Crippen molar-refractivity contribution >= 4 is 11.8 Å². The second-order valence-electron chi connectivity index (χ2n) is 8.95. The van der Waals surface area contributed by atoms with E-state index in [0.29, 0.717) is 0 Å². The Bertz CT molecular complexity index is 1500. The zero-order valence-corrected chi connectivity index (χ0v) is 21.8. The van der Waals surface area contributed by atoms with E-state index < -0.39 is 0 Å². The fraction of sp³-hybridized carbons (Fsp3) is 0.125. The minimum atomic E-state index is -0.0878. The van der Waals surface area contributed by atoms with Crippen LogP contribution in [0, 0.1) is 0 Å². The molecule has 5 aromatic rings. The molecule has 0 bridgehead atoms. The van der Waals surface area contributed by atoms with Crippen LogP contribution in [0.4, 0.5) is 0 Å². The van der Waals surface area contributed by atoms with Crippen molar-refractivity contribution in [3.8, 4) is 56.5 Å². The topological polar surface area (TPSA) is 62.5 Å². The van der Waals surface area contributed by atoms with E-state index in [2.05, 4.69) is 0 Å². The van der Waals surface area contributed by atoms with Gasteiger partial charge in [-0.1, -0.05) is 18.2 Å². The molecule has 38 heavy (non-hydrogen) atoms. The molecule has 0 spiro atoms. The molecule has 0 radical (unpaired) electrons. The van der Waals surface area contributed by atoms with Crippen LogP contribution < -0.4 is 9.47 Å². The van der Waals surface area contributed by atoms with Crippen LogP contribution in [0.2, 0.25) is 0 Å². The first-order valence-electron chi connectivity index (χ1n) is 12.3. The number of hydrogen-bond donors (Lipinski definition) is 0. The van der Waals surface area contributed by atoms with Crippen molar-refractivity contribution in [2.75, 3.05) is 14.2 Å². The van der Waals surface area contributed by atoms with Crippen LogP contribution in [-0.4, -0.2) is 35.2 Å². The van der Waals surface area contributed by atoms with Crippen LogP contribution in [0.3, 0.4) is 0 Å². The summed E-state index contributed by atoms with van der Waals surface area (Å²) in [5.74, 6) is 1.33. The van der Waals surface area contributed by atoms with Crippen LogP contribution in [0.5, 0.6) is 11.5 Å². The van der Waals surface area contributed by atoms with Crippen molar-refractivity contribution in [1.82, 2.24) is 9.13 Å². The van der Waals surface area contributed by atoms with E-state index in [1.807, 2.05) is 97.1 Å². The summed E-state index contributed by atoms with van der Waals surface area (Å²) < 4.78 is 14.0. The largest absolute Gasteiger partial charge is 0.497 e. The van der Waals surface area contributed by atoms with E-state index in [-0.39, 0.29) is 11.8 Å². The Morgan fingerprint density at radius 2 is 0.842 bits per heavy atom. The number of aromatic nitrogens is 2. The monoisotopic (exact) mass is 504 g/mol. The average Bonchev–Trinajstić information content (AvgIpc) is 3.59. The second kappa shape index (κ2) is 10.3. The molecule has 3 aromatic carbocycles. The van der Waals surface area contributed by atoms with Gasteiger partial charge in [-0.3, -0.25) is 18.7 Å². The predicted octanol–water partition coefficient (Wildman–Crippen LogP) is 7.30. The van der Waals surface area contributed by atoms with Crippen LogP contribution in [0.15, 0.2) is 97.1 Å². The van der Waals surface area contributed by atoms with Gasteiger partial charge >= 0.3 is 0 Å². The number of methoxy groups -OCH3 is 2. The van der Waals surface area contributed by atoms with Gasteiger partial charge < -0.3 is 9.47 Å². The molecular formula is C32H28N2O4. The van der Waals surface area contributed by atoms with Gasteiger partial charge in [0.1, 0.15) is 11.5 Å². The summed E-state index contributed by atoms with van der Waals surface area (Å²) in [6.45, 7) is 3.12. The lowest BCUT2D eigenvalue weighted by Gasteiger charge is -2.13. The molecule has 6 nitrogen and oxygen atoms in total. The average molecular weight is 505 g/mol. The number of benzene rings is 3. The smallest absolute Gasteiger partial charge is 0.228 e. The lowest BCUT2D eigenvalue weighted by molar-refractivity contribution is 0.0932. The lowest BCUT2D eigenvalue weighted by Crippen LogP contribution is -2.10. The summed E-state index contributed by atoms with van der Waals surface area (Å²) in [5, 5.41) is 0. The molecule has 0 atom stereocenters. The van der Waals surface area contributed by atoms with Crippen LogP contribution in [0.25, 0.3) is 45.0 Å². The van der Waals surface area contributed by atoms with Crippen molar-refractivity contribution in [2.24, 2.45) is 0 Å². The molecule has 190 valence electrons. The highest BCUT2D eigenvalue weighted by molar-refractivity contribution is 5.91. The van der Waals surface area contributed by atoms with Gasteiger partial charge in [-0.2, -0.15) is 0 Å². The molecule has 0 saturated carbocycles. The number of nitrogens with zero attached hydrogens (tertiary/aromatic N) is 2. The maximum Gasteiger partial charge on any atom is 0.228 e. The van der Waals surface area contributed by atoms with Gasteiger partial charge in [0.25, 0.3) is 0 Å². The van der Waals surface area contributed by atoms with Gasteiger partial charge in [0, 0.05) is 13.8 Å². The summed E-state index contributed by atoms with van der Waals surface area (Å²) >= 11 is 0. The van der Waals surface area contributed by atoms with E-state index >= 15 is 0 Å². The molecule has 0 unspecified atom stereocenters. The van der Waals surface area contributed by atoms with Gasteiger partial charge in [-0.15, -0.1) is 0 Å². The number of carbonyl (C=O) groups excluding carboxylic acids is 2. The molecule has 0 aliphatic rings. The molecule has 0 amide bonds. The van der Waals surface area contributed by atoms with Crippen molar-refractivity contribution in [1.29, 1.82) is 0 Å². The summed E-state index contributed by atoms with van der Waals surface area (Å²) in [5.41, 5.74) is 6.74. The van der Waals surface area contributed by atoms with Gasteiger partial charge in [0.05, 0.1) is 37.0 Å². The van der Waals surface area contributed by atoms with Crippen LogP contribution in [-0.2, 0) is 0 Å². The van der Waals surface area contributed by atoms with E-state index in [0.717, 1.165) is 56.5 Å². The van der Waals surface area contributed by atoms with Crippen molar-refractivity contribution in [2.45, 2.75) is 13.8 Å². The summed E-state index contributed by atoms with van der Waals surface area (Å²) in [6, 6.07) is 31.0. The maximum absolute atomic E-state index is 12.8. The minimum absolute atomic E-state index is 0.0878. The highest BCUT2D eigenvalue weighted by Crippen LogP contribution is 2.34. The predicted molar refractivity (Wildman–Crippen MR) is 150 cm³/mol. The lowest BCUT2D eigenvalue weighted by atomic mass is 10.1. The van der Waals surface area contributed by atoms with E-state index in [9.17, 15) is 9.59 Å². The van der Waals surface area contributed by atoms with Crippen LogP contribution >= 0.6 is 0 Å². The molecule has 5 rings (SSSR count). The molecule has 2 aromatic heterocycles. The normalized spacial score (nSPS) is 10.8. The molecular weight excluding hydrogens is 476 g/mol. The molecule has 0 saturated heterocycles. The van der Waals surface area contributed by atoms with Gasteiger partial charge in [-0.25, -0.2) is 0 Å². The zero-order valence-electron chi connectivity index (χ0n) is 21.8. The Balaban J connectivity index is 1.58. The fourth-order valence-corrected chi connectivity index (χ4v) is 4.81. The standard InChI is InChI=1S/C32H28N2O4/c1-21(35)33-29(23-8-12-27(37-3)13-9-23)16-18-31(33)25-6-5-7-26(20-25)32-19-17-30(34(32)22(2)36)24-10-14-28(38-4)15-11-24/h5-20H,1-4H3. The number of rotatable bonds is 6. The summed E-state index contributed by atoms with van der Waals surface area (Å²) in [4.78, 5) is 25.6. The first-order valence-corrected chi connectivity index (χ1v) is 12.3. The maximum atomic E-state index is 12.8. The van der Waals surface area contributed by atoms with Crippen molar-refractivity contribution in [3.63, 3.8) is 0 Å². The molecule has 0 aliphatic heterocycles. The molecule has 6 heteroatoms. The highest BCUT2D eigenvalue weighted by atomic mass is 16.5. The Morgan fingerprint density at radius 1 is 0.500 bits per heavy atom. The molecule has 0 aliphatic carbocycles. The Morgan fingerprint density at radius 3 is 1.16 bits per heavy atom. The van der Waals surface area contributed by atoms with Gasteiger partial charge in [0.2, 0.25) is 11.8 Å². The Kier molecular flexibility index (Phi) is 6.71. The van der Waals surface area contributed by atoms with Gasteiger partial charge in [0.15, 0.2) is 0 Å². The SMILES string of the molecule is COc1ccc(-c2ccc(-c3cccc(-c4ccc(-c5ccc(OC)cc5)n4C(C)=O)c3)n2C(C)=O)cc1. The summed E-state index contributed by atoms with van der Waals surface area (Å²) in [6.07, 6.45) is 0. The quantitative estimate of drug-likeness (QED) is 0.243. The Labute approximate surface area is 221 Å². The number of carbonyl (C=O) groups is 2. The molecule has 0 N–H and O–H groups in total. The minimum Gasteiger partial charge on any atom is -0.497 e. The number of hydrogen-bond acceptors (Lipinski definition) is 4. The first-order chi connectivity index (χ1) is 18.4. The van der Waals surface area contributed by atoms with Crippen molar-refractivity contribution < 1.29 is 19.1 Å². The van der Waals surface area contributed by atoms with Crippen LogP contribution in [0.1, 0.15) is 23.4 Å². The highest BCUT2D eigenvalue weighted by Gasteiger charge is 2.18. The van der Waals surface area contributed by atoms with E-state index in [1.165, 1.54) is 0 Å². The second-order valence-corrected chi connectivity index (χ2v) is 8.95. The Hall–Kier alpha value is -4.84. The van der Waals surface area contributed by atoms with Gasteiger partial charge in [-0.05, 0) is 101 Å². The fourth-order valence-electron chi connectivity index (χ4n) is 4.81. The van der Waals surface area contributed by atoms with E-state index in [4.69, 9.17) is 9.47 Å². The van der Waals surface area contributed by atoms with Crippen molar-refractivity contribution in [3.05, 3.63) is 97.1 Å². The first kappa shape index (κ1) is 24.8. The third-order valence-corrected chi connectivity index (χ3v) is 6.62. The van der Waals surface area contributed by atoms with E-state index in [1.54, 1.807) is 37.2 Å². The number of ether oxygens (including phenoxy) is 2. The third-order valence-electron chi connectivity index (χ3n) is 6.62.